The standard InChI is InChI=1S/C19H24N4O3/c24-19(16-8-4-13-25-16)23-10-5-9-22(11-12-23)14-17-20-21-18(26-17)15-6-2-1-3-7-15/h1-3,6-7,16H,4-5,8-14H2/t16-/m1/s1. The molecule has 1 amide bonds. The first kappa shape index (κ1) is 17.2. The Morgan fingerprint density at radius 1 is 1.08 bits per heavy atom. The highest BCUT2D eigenvalue weighted by Crippen LogP contribution is 2.19. The summed E-state index contributed by atoms with van der Waals surface area (Å²) in [5.41, 5.74) is 0.926. The summed E-state index contributed by atoms with van der Waals surface area (Å²) in [6.07, 6.45) is 2.55. The van der Waals surface area contributed by atoms with Crippen LogP contribution in [0.25, 0.3) is 11.5 Å². The lowest BCUT2D eigenvalue weighted by Gasteiger charge is -2.23. The van der Waals surface area contributed by atoms with Crippen LogP contribution in [0.1, 0.15) is 25.2 Å². The van der Waals surface area contributed by atoms with Gasteiger partial charge in [-0.25, -0.2) is 0 Å². The van der Waals surface area contributed by atoms with Crippen molar-refractivity contribution in [3.05, 3.63) is 36.2 Å². The fourth-order valence-electron chi connectivity index (χ4n) is 3.53. The Labute approximate surface area is 152 Å². The summed E-state index contributed by atoms with van der Waals surface area (Å²) < 4.78 is 11.3. The number of hydrogen-bond acceptors (Lipinski definition) is 6. The molecule has 1 atom stereocenters. The predicted molar refractivity (Wildman–Crippen MR) is 95.2 cm³/mol. The minimum Gasteiger partial charge on any atom is -0.419 e. The van der Waals surface area contributed by atoms with Crippen LogP contribution in [-0.2, 0) is 16.1 Å². The average molecular weight is 356 g/mol. The molecule has 0 radical (unpaired) electrons. The summed E-state index contributed by atoms with van der Waals surface area (Å²) in [6.45, 7) is 4.55. The summed E-state index contributed by atoms with van der Waals surface area (Å²) >= 11 is 0. The van der Waals surface area contributed by atoms with Crippen LogP contribution in [0.15, 0.2) is 34.7 Å². The van der Waals surface area contributed by atoms with E-state index in [4.69, 9.17) is 9.15 Å². The summed E-state index contributed by atoms with van der Waals surface area (Å²) in [5, 5.41) is 8.32. The molecule has 2 aromatic rings. The molecule has 2 saturated heterocycles. The van der Waals surface area contributed by atoms with E-state index in [2.05, 4.69) is 15.1 Å². The maximum Gasteiger partial charge on any atom is 0.251 e. The SMILES string of the molecule is O=C([C@H]1CCCO1)N1CCCN(Cc2nnc(-c3ccccc3)o2)CC1. The third kappa shape index (κ3) is 3.94. The first-order valence-electron chi connectivity index (χ1n) is 9.30. The van der Waals surface area contributed by atoms with Crippen LogP contribution < -0.4 is 0 Å². The van der Waals surface area contributed by atoms with E-state index in [1.54, 1.807) is 0 Å². The molecule has 0 bridgehead atoms. The Balaban J connectivity index is 1.33. The third-order valence-corrected chi connectivity index (χ3v) is 4.95. The van der Waals surface area contributed by atoms with Crippen LogP contribution >= 0.6 is 0 Å². The van der Waals surface area contributed by atoms with E-state index in [0.717, 1.165) is 51.0 Å². The second-order valence-corrected chi connectivity index (χ2v) is 6.82. The summed E-state index contributed by atoms with van der Waals surface area (Å²) in [6, 6.07) is 9.78. The monoisotopic (exact) mass is 356 g/mol. The van der Waals surface area contributed by atoms with Gasteiger partial charge in [-0.3, -0.25) is 9.69 Å². The van der Waals surface area contributed by atoms with Crippen molar-refractivity contribution in [2.24, 2.45) is 0 Å². The molecule has 138 valence electrons. The van der Waals surface area contributed by atoms with Gasteiger partial charge in [0.05, 0.1) is 6.54 Å². The molecule has 1 aromatic carbocycles. The number of rotatable bonds is 4. The Bertz CT molecular complexity index is 727. The fourth-order valence-corrected chi connectivity index (χ4v) is 3.53. The summed E-state index contributed by atoms with van der Waals surface area (Å²) in [5.74, 6) is 1.31. The second-order valence-electron chi connectivity index (χ2n) is 6.82. The van der Waals surface area contributed by atoms with Gasteiger partial charge < -0.3 is 14.1 Å². The molecule has 3 heterocycles. The van der Waals surface area contributed by atoms with Gasteiger partial charge >= 0.3 is 0 Å². The molecule has 0 unspecified atom stereocenters. The van der Waals surface area contributed by atoms with Crippen LogP contribution in [0.5, 0.6) is 0 Å². The summed E-state index contributed by atoms with van der Waals surface area (Å²) in [7, 11) is 0. The molecular weight excluding hydrogens is 332 g/mol. The zero-order valence-electron chi connectivity index (χ0n) is 14.8. The molecule has 2 aliphatic rings. The van der Waals surface area contributed by atoms with E-state index in [-0.39, 0.29) is 12.0 Å². The zero-order valence-corrected chi connectivity index (χ0v) is 14.8. The van der Waals surface area contributed by atoms with Gasteiger partial charge in [0.2, 0.25) is 11.8 Å². The van der Waals surface area contributed by atoms with Crippen LogP contribution in [0.3, 0.4) is 0 Å². The quantitative estimate of drug-likeness (QED) is 0.834. The molecule has 26 heavy (non-hydrogen) atoms. The van der Waals surface area contributed by atoms with Crippen LogP contribution in [0.4, 0.5) is 0 Å². The molecular formula is C19H24N4O3. The number of aromatic nitrogens is 2. The van der Waals surface area contributed by atoms with Gasteiger partial charge in [0.25, 0.3) is 5.91 Å². The van der Waals surface area contributed by atoms with E-state index in [9.17, 15) is 4.79 Å². The van der Waals surface area contributed by atoms with Crippen molar-refractivity contribution in [3.63, 3.8) is 0 Å². The molecule has 1 aromatic heterocycles. The lowest BCUT2D eigenvalue weighted by molar-refractivity contribution is -0.140. The van der Waals surface area contributed by atoms with E-state index >= 15 is 0 Å². The fraction of sp³-hybridized carbons (Fsp3) is 0.526. The minimum absolute atomic E-state index is 0.147. The normalized spacial score (nSPS) is 21.7. The number of nitrogens with zero attached hydrogens (tertiary/aromatic N) is 4. The van der Waals surface area contributed by atoms with Gasteiger partial charge in [-0.15, -0.1) is 10.2 Å². The maximum absolute atomic E-state index is 12.5. The van der Waals surface area contributed by atoms with Crippen molar-refractivity contribution in [1.29, 1.82) is 0 Å². The molecule has 0 saturated carbocycles. The number of amides is 1. The Kier molecular flexibility index (Phi) is 5.26. The van der Waals surface area contributed by atoms with Crippen LogP contribution in [-0.4, -0.2) is 64.8 Å². The molecule has 0 aliphatic carbocycles. The highest BCUT2D eigenvalue weighted by atomic mass is 16.5. The molecule has 4 rings (SSSR count). The van der Waals surface area contributed by atoms with Crippen molar-refractivity contribution in [1.82, 2.24) is 20.0 Å². The largest absolute Gasteiger partial charge is 0.419 e. The first-order valence-corrected chi connectivity index (χ1v) is 9.30. The number of ether oxygens (including phenoxy) is 1. The number of carbonyl (C=O) groups is 1. The Morgan fingerprint density at radius 2 is 1.96 bits per heavy atom. The van der Waals surface area contributed by atoms with Crippen molar-refractivity contribution >= 4 is 5.91 Å². The molecule has 0 N–H and O–H groups in total. The van der Waals surface area contributed by atoms with Crippen molar-refractivity contribution < 1.29 is 13.9 Å². The Morgan fingerprint density at radius 3 is 2.77 bits per heavy atom. The molecule has 7 heteroatoms. The van der Waals surface area contributed by atoms with Gasteiger partial charge in [0, 0.05) is 38.3 Å². The van der Waals surface area contributed by atoms with Crippen molar-refractivity contribution in [2.45, 2.75) is 31.9 Å². The van der Waals surface area contributed by atoms with Gasteiger partial charge in [-0.1, -0.05) is 18.2 Å². The topological polar surface area (TPSA) is 71.7 Å². The lowest BCUT2D eigenvalue weighted by Crippen LogP contribution is -2.41. The van der Waals surface area contributed by atoms with E-state index in [1.165, 1.54) is 0 Å². The molecule has 0 spiro atoms. The highest BCUT2D eigenvalue weighted by Gasteiger charge is 2.29. The molecule has 2 aliphatic heterocycles. The molecule has 7 nitrogen and oxygen atoms in total. The summed E-state index contributed by atoms with van der Waals surface area (Å²) in [4.78, 5) is 16.7. The van der Waals surface area contributed by atoms with Gasteiger partial charge in [-0.2, -0.15) is 0 Å². The maximum atomic E-state index is 12.5. The van der Waals surface area contributed by atoms with Gasteiger partial charge in [-0.05, 0) is 31.4 Å². The number of benzene rings is 1. The van der Waals surface area contributed by atoms with Crippen molar-refractivity contribution in [2.75, 3.05) is 32.8 Å². The predicted octanol–water partition coefficient (Wildman–Crippen LogP) is 1.95. The second kappa shape index (κ2) is 7.97. The van der Waals surface area contributed by atoms with E-state index in [0.29, 0.717) is 24.9 Å². The van der Waals surface area contributed by atoms with E-state index < -0.39 is 0 Å². The first-order chi connectivity index (χ1) is 12.8. The smallest absolute Gasteiger partial charge is 0.251 e. The van der Waals surface area contributed by atoms with E-state index in [1.807, 2.05) is 35.2 Å². The lowest BCUT2D eigenvalue weighted by atomic mass is 10.2. The van der Waals surface area contributed by atoms with Gasteiger partial charge in [0.1, 0.15) is 6.10 Å². The van der Waals surface area contributed by atoms with Crippen LogP contribution in [0.2, 0.25) is 0 Å². The Hall–Kier alpha value is -2.25. The van der Waals surface area contributed by atoms with Gasteiger partial charge in [0.15, 0.2) is 0 Å². The van der Waals surface area contributed by atoms with Crippen LogP contribution in [0, 0.1) is 0 Å². The third-order valence-electron chi connectivity index (χ3n) is 4.95. The average Bonchev–Trinajstić information content (AvgIpc) is 3.31. The highest BCUT2D eigenvalue weighted by molar-refractivity contribution is 5.81. The zero-order chi connectivity index (χ0) is 17.8. The number of carbonyl (C=O) groups excluding carboxylic acids is 1. The van der Waals surface area contributed by atoms with Crippen molar-refractivity contribution in [3.8, 4) is 11.5 Å². The number of hydrogen-bond donors (Lipinski definition) is 0. The minimum atomic E-state index is -0.231. The molecule has 2 fully saturated rings.